The molecule has 0 amide bonds. The predicted molar refractivity (Wildman–Crippen MR) is 71.4 cm³/mol. The quantitative estimate of drug-likeness (QED) is 0.622. The molecule has 0 unspecified atom stereocenters. The molecule has 1 fully saturated rings. The van der Waals surface area contributed by atoms with Gasteiger partial charge >= 0.3 is 0 Å². The van der Waals surface area contributed by atoms with Crippen LogP contribution >= 0.6 is 12.2 Å². The van der Waals surface area contributed by atoms with Crippen LogP contribution in [0.4, 0.5) is 0 Å². The highest BCUT2D eigenvalue weighted by molar-refractivity contribution is 7.80. The Labute approximate surface area is 107 Å². The molecule has 3 nitrogen and oxygen atoms in total. The largest absolute Gasteiger partial charge is 0.491 e. The van der Waals surface area contributed by atoms with E-state index in [1.807, 2.05) is 24.3 Å². The van der Waals surface area contributed by atoms with Gasteiger partial charge in [0, 0.05) is 5.56 Å². The van der Waals surface area contributed by atoms with Crippen LogP contribution in [-0.4, -0.2) is 24.3 Å². The first-order valence-corrected chi connectivity index (χ1v) is 6.31. The summed E-state index contributed by atoms with van der Waals surface area (Å²) in [6, 6.07) is 7.48. The van der Waals surface area contributed by atoms with Crippen LogP contribution in [0.1, 0.15) is 24.8 Å². The fraction of sp³-hybridized carbons (Fsp3) is 0.462. The van der Waals surface area contributed by atoms with Crippen molar-refractivity contribution in [1.29, 1.82) is 0 Å². The average molecular weight is 251 g/mol. The molecule has 0 heterocycles. The minimum atomic E-state index is 0.407. The van der Waals surface area contributed by atoms with E-state index in [-0.39, 0.29) is 0 Å². The molecule has 1 saturated carbocycles. The predicted octanol–water partition coefficient (Wildman–Crippen LogP) is 2.27. The summed E-state index contributed by atoms with van der Waals surface area (Å²) in [5.74, 6) is 0.821. The Morgan fingerprint density at radius 1 is 1.24 bits per heavy atom. The van der Waals surface area contributed by atoms with Crippen LogP contribution < -0.4 is 10.5 Å². The summed E-state index contributed by atoms with van der Waals surface area (Å²) in [6.45, 7) is 1.24. The molecule has 0 radical (unpaired) electrons. The number of rotatable bonds is 6. The monoisotopic (exact) mass is 251 g/mol. The third-order valence-electron chi connectivity index (χ3n) is 2.90. The zero-order valence-electron chi connectivity index (χ0n) is 9.72. The van der Waals surface area contributed by atoms with Crippen molar-refractivity contribution in [3.63, 3.8) is 0 Å². The van der Waals surface area contributed by atoms with Crippen LogP contribution in [0.15, 0.2) is 24.3 Å². The van der Waals surface area contributed by atoms with Crippen molar-refractivity contribution in [2.75, 3.05) is 13.2 Å². The Balaban J connectivity index is 1.69. The lowest BCUT2D eigenvalue weighted by molar-refractivity contribution is -0.0103. The fourth-order valence-corrected chi connectivity index (χ4v) is 1.76. The van der Waals surface area contributed by atoms with E-state index in [0.29, 0.717) is 24.3 Å². The molecule has 1 aliphatic rings. The van der Waals surface area contributed by atoms with Gasteiger partial charge in [-0.1, -0.05) is 12.2 Å². The summed E-state index contributed by atoms with van der Waals surface area (Å²) in [6.07, 6.45) is 4.16. The fourth-order valence-electron chi connectivity index (χ4n) is 1.63. The molecule has 2 N–H and O–H groups in total. The van der Waals surface area contributed by atoms with Crippen molar-refractivity contribution in [1.82, 2.24) is 0 Å². The lowest BCUT2D eigenvalue weighted by Gasteiger charge is -2.25. The van der Waals surface area contributed by atoms with Gasteiger partial charge in [0.15, 0.2) is 0 Å². The highest BCUT2D eigenvalue weighted by atomic mass is 32.1. The van der Waals surface area contributed by atoms with Crippen molar-refractivity contribution in [3.05, 3.63) is 29.8 Å². The van der Waals surface area contributed by atoms with Crippen molar-refractivity contribution in [2.24, 2.45) is 5.73 Å². The van der Waals surface area contributed by atoms with E-state index in [0.717, 1.165) is 11.3 Å². The first kappa shape index (κ1) is 12.3. The van der Waals surface area contributed by atoms with Crippen LogP contribution in [0.5, 0.6) is 5.75 Å². The van der Waals surface area contributed by atoms with Gasteiger partial charge in [-0.3, -0.25) is 0 Å². The molecular formula is C13H17NO2S. The summed E-state index contributed by atoms with van der Waals surface area (Å²) < 4.78 is 11.1. The molecule has 0 aliphatic heterocycles. The molecule has 0 atom stereocenters. The van der Waals surface area contributed by atoms with Crippen LogP contribution in [0.3, 0.4) is 0 Å². The smallest absolute Gasteiger partial charge is 0.119 e. The second-order valence-electron chi connectivity index (χ2n) is 4.16. The van der Waals surface area contributed by atoms with Crippen LogP contribution in [-0.2, 0) is 4.74 Å². The Hall–Kier alpha value is -1.13. The van der Waals surface area contributed by atoms with E-state index in [1.165, 1.54) is 19.3 Å². The maximum Gasteiger partial charge on any atom is 0.119 e. The van der Waals surface area contributed by atoms with Crippen molar-refractivity contribution in [2.45, 2.75) is 25.4 Å². The van der Waals surface area contributed by atoms with Gasteiger partial charge in [0.2, 0.25) is 0 Å². The van der Waals surface area contributed by atoms with Gasteiger partial charge in [0.1, 0.15) is 17.3 Å². The zero-order valence-corrected chi connectivity index (χ0v) is 10.5. The first-order chi connectivity index (χ1) is 8.25. The molecule has 0 aromatic heterocycles. The number of hydrogen-bond donors (Lipinski definition) is 1. The van der Waals surface area contributed by atoms with Crippen LogP contribution in [0.25, 0.3) is 0 Å². The van der Waals surface area contributed by atoms with E-state index in [9.17, 15) is 0 Å². The van der Waals surface area contributed by atoms with Crippen LogP contribution in [0.2, 0.25) is 0 Å². The highest BCUT2D eigenvalue weighted by Gasteiger charge is 2.17. The SMILES string of the molecule is NC(=S)c1ccc(OCCOC2CCC2)cc1. The molecular weight excluding hydrogens is 234 g/mol. The average Bonchev–Trinajstić information content (AvgIpc) is 2.27. The van der Waals surface area contributed by atoms with E-state index >= 15 is 0 Å². The number of hydrogen-bond acceptors (Lipinski definition) is 3. The normalized spacial score (nSPS) is 15.3. The Kier molecular flexibility index (Phi) is 4.34. The van der Waals surface area contributed by atoms with Crippen molar-refractivity contribution < 1.29 is 9.47 Å². The molecule has 2 rings (SSSR count). The molecule has 1 aromatic rings. The maximum absolute atomic E-state index is 5.60. The van der Waals surface area contributed by atoms with E-state index in [2.05, 4.69) is 0 Å². The lowest BCUT2D eigenvalue weighted by Crippen LogP contribution is -2.23. The van der Waals surface area contributed by atoms with Crippen molar-refractivity contribution in [3.8, 4) is 5.75 Å². The molecule has 0 bridgehead atoms. The van der Waals surface area contributed by atoms with E-state index in [1.54, 1.807) is 0 Å². The Morgan fingerprint density at radius 2 is 1.94 bits per heavy atom. The molecule has 17 heavy (non-hydrogen) atoms. The Bertz CT molecular complexity index is 374. The minimum Gasteiger partial charge on any atom is -0.491 e. The second kappa shape index (κ2) is 5.98. The molecule has 1 aromatic carbocycles. The molecule has 0 spiro atoms. The third-order valence-corrected chi connectivity index (χ3v) is 3.13. The number of benzene rings is 1. The minimum absolute atomic E-state index is 0.407. The summed E-state index contributed by atoms with van der Waals surface area (Å²) in [5, 5.41) is 0. The summed E-state index contributed by atoms with van der Waals surface area (Å²) in [5.41, 5.74) is 6.37. The molecule has 0 saturated heterocycles. The third kappa shape index (κ3) is 3.68. The standard InChI is InChI=1S/C13H17NO2S/c14-13(17)10-4-6-12(7-5-10)16-9-8-15-11-2-1-3-11/h4-7,11H,1-3,8-9H2,(H2,14,17). The Morgan fingerprint density at radius 3 is 2.47 bits per heavy atom. The lowest BCUT2D eigenvalue weighted by atomic mass is 9.96. The van der Waals surface area contributed by atoms with Crippen molar-refractivity contribution >= 4 is 17.2 Å². The molecule has 1 aliphatic carbocycles. The van der Waals surface area contributed by atoms with Gasteiger partial charge in [0.05, 0.1) is 12.7 Å². The van der Waals surface area contributed by atoms with E-state index in [4.69, 9.17) is 27.4 Å². The topological polar surface area (TPSA) is 44.5 Å². The first-order valence-electron chi connectivity index (χ1n) is 5.90. The molecule has 92 valence electrons. The second-order valence-corrected chi connectivity index (χ2v) is 4.60. The maximum atomic E-state index is 5.60. The van der Waals surface area contributed by atoms with Gasteiger partial charge < -0.3 is 15.2 Å². The molecule has 4 heteroatoms. The summed E-state index contributed by atoms with van der Waals surface area (Å²) in [7, 11) is 0. The van der Waals surface area contributed by atoms with E-state index < -0.39 is 0 Å². The highest BCUT2D eigenvalue weighted by Crippen LogP contribution is 2.21. The van der Waals surface area contributed by atoms with Gasteiger partial charge in [-0.2, -0.15) is 0 Å². The summed E-state index contributed by atoms with van der Waals surface area (Å²) >= 11 is 4.88. The zero-order chi connectivity index (χ0) is 12.1. The van der Waals surface area contributed by atoms with Gasteiger partial charge in [-0.15, -0.1) is 0 Å². The van der Waals surface area contributed by atoms with Gasteiger partial charge in [-0.25, -0.2) is 0 Å². The van der Waals surface area contributed by atoms with Crippen LogP contribution in [0, 0.1) is 0 Å². The van der Waals surface area contributed by atoms with Gasteiger partial charge in [-0.05, 0) is 43.5 Å². The number of ether oxygens (including phenoxy) is 2. The summed E-state index contributed by atoms with van der Waals surface area (Å²) in [4.78, 5) is 0.407. The van der Waals surface area contributed by atoms with Gasteiger partial charge in [0.25, 0.3) is 0 Å². The number of nitrogens with two attached hydrogens (primary N) is 1. The number of thiocarbonyl (C=S) groups is 1.